The molecular formula is C22H23NO5S2. The van der Waals surface area contributed by atoms with Crippen molar-refractivity contribution >= 4 is 32.9 Å². The molecule has 4 rings (SSSR count). The molecule has 8 heteroatoms. The molecule has 1 N–H and O–H groups in total. The van der Waals surface area contributed by atoms with E-state index < -0.39 is 39.4 Å². The summed E-state index contributed by atoms with van der Waals surface area (Å²) in [4.78, 5) is 28.0. The molecule has 2 aromatic rings. The molecule has 0 radical (unpaired) electrons. The standard InChI is InChI=1S/C22H23NO5S2/c1-13(2)14-5-7-15(8-6-14)19-18(20(24)17-4-3-10-29-17)21(25)22(26)23(19)16-9-11-30(27,28)12-16/h3-8,10,13,16,19,25H,9,11-12H2,1-2H3/t16-,19-/m0/s1. The lowest BCUT2D eigenvalue weighted by Gasteiger charge is -2.31. The zero-order valence-corrected chi connectivity index (χ0v) is 18.4. The lowest BCUT2D eigenvalue weighted by atomic mass is 9.92. The van der Waals surface area contributed by atoms with E-state index in [0.717, 1.165) is 5.56 Å². The van der Waals surface area contributed by atoms with Crippen molar-refractivity contribution in [3.05, 3.63) is 69.1 Å². The predicted octanol–water partition coefficient (Wildman–Crippen LogP) is 3.64. The number of rotatable bonds is 5. The van der Waals surface area contributed by atoms with E-state index >= 15 is 0 Å². The molecule has 6 nitrogen and oxygen atoms in total. The first-order chi connectivity index (χ1) is 14.2. The third-order valence-electron chi connectivity index (χ3n) is 5.75. The highest BCUT2D eigenvalue weighted by molar-refractivity contribution is 7.91. The number of hydrogen-bond donors (Lipinski definition) is 1. The fourth-order valence-electron chi connectivity index (χ4n) is 4.16. The Kier molecular flexibility index (Phi) is 5.32. The van der Waals surface area contributed by atoms with Crippen LogP contribution in [0, 0.1) is 0 Å². The first kappa shape index (κ1) is 20.8. The van der Waals surface area contributed by atoms with Crippen molar-refractivity contribution < 1.29 is 23.1 Å². The predicted molar refractivity (Wildman–Crippen MR) is 115 cm³/mol. The summed E-state index contributed by atoms with van der Waals surface area (Å²) in [5.74, 6) is -1.53. The van der Waals surface area contributed by atoms with Crippen LogP contribution in [-0.2, 0) is 14.6 Å². The van der Waals surface area contributed by atoms with Crippen LogP contribution < -0.4 is 0 Å². The van der Waals surface area contributed by atoms with Gasteiger partial charge in [0.1, 0.15) is 0 Å². The molecule has 2 aliphatic heterocycles. The van der Waals surface area contributed by atoms with E-state index in [1.807, 2.05) is 24.3 Å². The number of ketones is 1. The maximum atomic E-state index is 13.2. The number of aliphatic hydroxyl groups is 1. The number of carbonyl (C=O) groups excluding carboxylic acids is 2. The van der Waals surface area contributed by atoms with Gasteiger partial charge < -0.3 is 10.0 Å². The monoisotopic (exact) mass is 445 g/mol. The highest BCUT2D eigenvalue weighted by Gasteiger charge is 2.49. The van der Waals surface area contributed by atoms with Gasteiger partial charge >= 0.3 is 0 Å². The second-order valence-corrected chi connectivity index (χ2v) is 11.2. The highest BCUT2D eigenvalue weighted by Crippen LogP contribution is 2.42. The number of sulfone groups is 1. The fraction of sp³-hybridized carbons (Fsp3) is 0.364. The summed E-state index contributed by atoms with van der Waals surface area (Å²) in [6, 6.07) is 9.58. The van der Waals surface area contributed by atoms with Gasteiger partial charge in [-0.05, 0) is 34.9 Å². The van der Waals surface area contributed by atoms with E-state index in [9.17, 15) is 23.1 Å². The van der Waals surface area contributed by atoms with Crippen LogP contribution in [0.1, 0.15) is 53.0 Å². The van der Waals surface area contributed by atoms with Crippen molar-refractivity contribution in [3.63, 3.8) is 0 Å². The van der Waals surface area contributed by atoms with Gasteiger partial charge in [-0.1, -0.05) is 44.2 Å². The largest absolute Gasteiger partial charge is 0.503 e. The van der Waals surface area contributed by atoms with E-state index in [4.69, 9.17) is 0 Å². The van der Waals surface area contributed by atoms with Gasteiger partial charge in [-0.15, -0.1) is 11.3 Å². The number of aliphatic hydroxyl groups excluding tert-OH is 1. The van der Waals surface area contributed by atoms with Gasteiger partial charge in [-0.2, -0.15) is 0 Å². The van der Waals surface area contributed by atoms with Gasteiger partial charge in [0.05, 0.1) is 28.0 Å². The molecule has 1 fully saturated rings. The molecule has 1 saturated heterocycles. The van der Waals surface area contributed by atoms with Gasteiger partial charge in [-0.3, -0.25) is 9.59 Å². The number of Topliss-reactive ketones (excluding diaryl/α,β-unsaturated/α-hetero) is 1. The quantitative estimate of drug-likeness (QED) is 0.710. The molecule has 0 aliphatic carbocycles. The summed E-state index contributed by atoms with van der Waals surface area (Å²) >= 11 is 1.24. The van der Waals surface area contributed by atoms with Crippen LogP contribution in [0.15, 0.2) is 53.1 Å². The van der Waals surface area contributed by atoms with Crippen LogP contribution in [0.4, 0.5) is 0 Å². The van der Waals surface area contributed by atoms with Crippen LogP contribution in [-0.4, -0.2) is 47.7 Å². The molecule has 0 unspecified atom stereocenters. The Labute approximate surface area is 179 Å². The molecule has 0 bridgehead atoms. The van der Waals surface area contributed by atoms with E-state index in [2.05, 4.69) is 13.8 Å². The van der Waals surface area contributed by atoms with Crippen LogP contribution in [0.25, 0.3) is 0 Å². The third-order valence-corrected chi connectivity index (χ3v) is 8.37. The van der Waals surface area contributed by atoms with Crippen molar-refractivity contribution in [2.24, 2.45) is 0 Å². The van der Waals surface area contributed by atoms with Gasteiger partial charge in [0, 0.05) is 6.04 Å². The average Bonchev–Trinajstić information content (AvgIpc) is 3.41. The molecule has 1 aromatic heterocycles. The van der Waals surface area contributed by atoms with Crippen molar-refractivity contribution in [3.8, 4) is 0 Å². The molecule has 30 heavy (non-hydrogen) atoms. The van der Waals surface area contributed by atoms with Crippen molar-refractivity contribution in [1.29, 1.82) is 0 Å². The summed E-state index contributed by atoms with van der Waals surface area (Å²) < 4.78 is 24.1. The second-order valence-electron chi connectivity index (χ2n) is 8.06. The van der Waals surface area contributed by atoms with E-state index in [0.29, 0.717) is 22.8 Å². The van der Waals surface area contributed by atoms with Crippen molar-refractivity contribution in [2.75, 3.05) is 11.5 Å². The molecule has 1 aromatic carbocycles. The lowest BCUT2D eigenvalue weighted by molar-refractivity contribution is -0.131. The molecule has 3 heterocycles. The van der Waals surface area contributed by atoms with Gasteiger partial charge in [-0.25, -0.2) is 8.42 Å². The molecule has 158 valence electrons. The molecule has 0 spiro atoms. The Morgan fingerprint density at radius 3 is 2.43 bits per heavy atom. The Morgan fingerprint density at radius 2 is 1.90 bits per heavy atom. The summed E-state index contributed by atoms with van der Waals surface area (Å²) in [6.07, 6.45) is 0.294. The highest BCUT2D eigenvalue weighted by atomic mass is 32.2. The minimum atomic E-state index is -3.26. The van der Waals surface area contributed by atoms with Crippen molar-refractivity contribution in [1.82, 2.24) is 4.90 Å². The maximum Gasteiger partial charge on any atom is 0.290 e. The SMILES string of the molecule is CC(C)c1ccc([C@H]2C(C(=O)c3cccs3)=C(O)C(=O)N2[C@H]2CCS(=O)(=O)C2)cc1. The topological polar surface area (TPSA) is 91.8 Å². The zero-order valence-electron chi connectivity index (χ0n) is 16.7. The Balaban J connectivity index is 1.81. The molecule has 2 atom stereocenters. The number of hydrogen-bond acceptors (Lipinski definition) is 6. The zero-order chi connectivity index (χ0) is 21.6. The summed E-state index contributed by atoms with van der Waals surface area (Å²) in [6.45, 7) is 4.14. The Morgan fingerprint density at radius 1 is 1.20 bits per heavy atom. The van der Waals surface area contributed by atoms with Gasteiger partial charge in [0.15, 0.2) is 15.6 Å². The molecular weight excluding hydrogens is 422 g/mol. The Bertz CT molecular complexity index is 1110. The van der Waals surface area contributed by atoms with Gasteiger partial charge in [0.25, 0.3) is 5.91 Å². The minimum Gasteiger partial charge on any atom is -0.503 e. The first-order valence-electron chi connectivity index (χ1n) is 9.84. The summed E-state index contributed by atoms with van der Waals surface area (Å²) in [5.41, 5.74) is 1.81. The van der Waals surface area contributed by atoms with Crippen LogP contribution in [0.5, 0.6) is 0 Å². The van der Waals surface area contributed by atoms with Crippen LogP contribution >= 0.6 is 11.3 Å². The number of amides is 1. The maximum absolute atomic E-state index is 13.2. The minimum absolute atomic E-state index is 0.00454. The number of carbonyl (C=O) groups is 2. The number of thiophene rings is 1. The number of benzene rings is 1. The van der Waals surface area contributed by atoms with E-state index in [1.165, 1.54) is 16.2 Å². The normalized spacial score (nSPS) is 23.6. The third kappa shape index (κ3) is 3.58. The fourth-order valence-corrected chi connectivity index (χ4v) is 6.55. The lowest BCUT2D eigenvalue weighted by Crippen LogP contribution is -2.41. The van der Waals surface area contributed by atoms with Crippen LogP contribution in [0.2, 0.25) is 0 Å². The summed E-state index contributed by atoms with van der Waals surface area (Å²) in [5, 5.41) is 12.4. The Hall–Kier alpha value is -2.45. The summed E-state index contributed by atoms with van der Waals surface area (Å²) in [7, 11) is -3.26. The average molecular weight is 446 g/mol. The van der Waals surface area contributed by atoms with Gasteiger partial charge in [0.2, 0.25) is 5.78 Å². The van der Waals surface area contributed by atoms with E-state index in [1.54, 1.807) is 17.5 Å². The van der Waals surface area contributed by atoms with Crippen molar-refractivity contribution in [2.45, 2.75) is 38.3 Å². The first-order valence-corrected chi connectivity index (χ1v) is 12.5. The van der Waals surface area contributed by atoms with E-state index in [-0.39, 0.29) is 17.1 Å². The molecule has 1 amide bonds. The van der Waals surface area contributed by atoms with Crippen LogP contribution in [0.3, 0.4) is 0 Å². The molecule has 2 aliphatic rings. The molecule has 0 saturated carbocycles. The second kappa shape index (κ2) is 7.67. The smallest absolute Gasteiger partial charge is 0.290 e. The number of nitrogens with zero attached hydrogens (tertiary/aromatic N) is 1.